The van der Waals surface area contributed by atoms with Crippen LogP contribution < -0.4 is 5.32 Å². The van der Waals surface area contributed by atoms with Gasteiger partial charge in [-0.2, -0.15) is 0 Å². The second-order valence-corrected chi connectivity index (χ2v) is 6.51. The van der Waals surface area contributed by atoms with E-state index in [9.17, 15) is 0 Å². The Morgan fingerprint density at radius 1 is 1.29 bits per heavy atom. The van der Waals surface area contributed by atoms with Crippen LogP contribution in [-0.2, 0) is 6.54 Å². The third-order valence-electron chi connectivity index (χ3n) is 4.89. The summed E-state index contributed by atoms with van der Waals surface area (Å²) < 4.78 is 2.11. The molecule has 1 aliphatic rings. The average Bonchev–Trinajstić information content (AvgIpc) is 2.97. The SMILES string of the molecule is CCCNC(c1cnnn1CCC)C1CCCC(CC)C1. The summed E-state index contributed by atoms with van der Waals surface area (Å²) in [7, 11) is 0. The fourth-order valence-electron chi connectivity index (χ4n) is 3.71. The fourth-order valence-corrected chi connectivity index (χ4v) is 3.71. The van der Waals surface area contributed by atoms with E-state index in [2.05, 4.69) is 41.1 Å². The van der Waals surface area contributed by atoms with Crippen molar-refractivity contribution >= 4 is 0 Å². The molecule has 1 aromatic heterocycles. The summed E-state index contributed by atoms with van der Waals surface area (Å²) in [5.74, 6) is 1.65. The van der Waals surface area contributed by atoms with E-state index in [1.807, 2.05) is 6.20 Å². The van der Waals surface area contributed by atoms with Crippen LogP contribution >= 0.6 is 0 Å². The van der Waals surface area contributed by atoms with Crippen LogP contribution in [0.1, 0.15) is 77.5 Å². The average molecular weight is 292 g/mol. The number of hydrogen-bond donors (Lipinski definition) is 1. The minimum atomic E-state index is 0.431. The molecule has 0 aromatic carbocycles. The van der Waals surface area contributed by atoms with Gasteiger partial charge in [-0.1, -0.05) is 45.2 Å². The van der Waals surface area contributed by atoms with Crippen molar-refractivity contribution in [1.29, 1.82) is 0 Å². The molecule has 0 amide bonds. The Morgan fingerprint density at radius 3 is 2.86 bits per heavy atom. The Labute approximate surface area is 129 Å². The van der Waals surface area contributed by atoms with Crippen LogP contribution in [0.15, 0.2) is 6.20 Å². The summed E-state index contributed by atoms with van der Waals surface area (Å²) in [4.78, 5) is 0. The molecule has 3 unspecified atom stereocenters. The smallest absolute Gasteiger partial charge is 0.0759 e. The summed E-state index contributed by atoms with van der Waals surface area (Å²) in [6.07, 6.45) is 11.1. The van der Waals surface area contributed by atoms with Crippen LogP contribution in [-0.4, -0.2) is 21.5 Å². The van der Waals surface area contributed by atoms with E-state index in [1.165, 1.54) is 44.2 Å². The Balaban J connectivity index is 2.14. The second kappa shape index (κ2) is 8.52. The van der Waals surface area contributed by atoms with Gasteiger partial charge < -0.3 is 5.32 Å². The van der Waals surface area contributed by atoms with Gasteiger partial charge >= 0.3 is 0 Å². The molecule has 4 nitrogen and oxygen atoms in total. The van der Waals surface area contributed by atoms with Gasteiger partial charge in [0.25, 0.3) is 0 Å². The Bertz CT molecular complexity index is 401. The lowest BCUT2D eigenvalue weighted by Crippen LogP contribution is -2.33. The molecule has 0 bridgehead atoms. The van der Waals surface area contributed by atoms with Gasteiger partial charge in [0, 0.05) is 6.54 Å². The molecule has 3 atom stereocenters. The number of aryl methyl sites for hydroxylation is 1. The summed E-state index contributed by atoms with van der Waals surface area (Å²) >= 11 is 0. The number of hydrogen-bond acceptors (Lipinski definition) is 3. The third kappa shape index (κ3) is 4.29. The first kappa shape index (κ1) is 16.5. The van der Waals surface area contributed by atoms with Crippen molar-refractivity contribution in [3.05, 3.63) is 11.9 Å². The molecule has 4 heteroatoms. The van der Waals surface area contributed by atoms with Crippen LogP contribution in [0.4, 0.5) is 0 Å². The van der Waals surface area contributed by atoms with Gasteiger partial charge in [0.2, 0.25) is 0 Å². The van der Waals surface area contributed by atoms with Crippen molar-refractivity contribution in [2.75, 3.05) is 6.54 Å². The Morgan fingerprint density at radius 2 is 2.14 bits per heavy atom. The number of aromatic nitrogens is 3. The molecular weight excluding hydrogens is 260 g/mol. The molecule has 21 heavy (non-hydrogen) atoms. The van der Waals surface area contributed by atoms with Crippen molar-refractivity contribution in [3.8, 4) is 0 Å². The molecule has 0 spiro atoms. The van der Waals surface area contributed by atoms with E-state index in [4.69, 9.17) is 0 Å². The predicted octanol–water partition coefficient (Wildman–Crippen LogP) is 3.95. The summed E-state index contributed by atoms with van der Waals surface area (Å²) in [6, 6.07) is 0.431. The summed E-state index contributed by atoms with van der Waals surface area (Å²) in [5.41, 5.74) is 1.30. The molecule has 2 rings (SSSR count). The van der Waals surface area contributed by atoms with E-state index in [0.29, 0.717) is 6.04 Å². The first-order valence-corrected chi connectivity index (χ1v) is 8.91. The highest BCUT2D eigenvalue weighted by Crippen LogP contribution is 2.38. The molecule has 0 saturated heterocycles. The molecule has 1 aromatic rings. The number of rotatable bonds is 8. The van der Waals surface area contributed by atoms with Crippen LogP contribution in [0, 0.1) is 11.8 Å². The van der Waals surface area contributed by atoms with E-state index < -0.39 is 0 Å². The zero-order valence-corrected chi connectivity index (χ0v) is 14.0. The van der Waals surface area contributed by atoms with Crippen LogP contribution in [0.5, 0.6) is 0 Å². The van der Waals surface area contributed by atoms with Gasteiger partial charge in [-0.15, -0.1) is 5.10 Å². The summed E-state index contributed by atoms with van der Waals surface area (Å²) in [5, 5.41) is 12.3. The van der Waals surface area contributed by atoms with Crippen LogP contribution in [0.3, 0.4) is 0 Å². The first-order valence-electron chi connectivity index (χ1n) is 8.91. The van der Waals surface area contributed by atoms with Crippen molar-refractivity contribution in [2.45, 2.75) is 78.3 Å². The lowest BCUT2D eigenvalue weighted by Gasteiger charge is -2.35. The normalized spacial score (nSPS) is 24.1. The van der Waals surface area contributed by atoms with Gasteiger partial charge in [0.15, 0.2) is 0 Å². The molecule has 1 aliphatic carbocycles. The van der Waals surface area contributed by atoms with E-state index in [0.717, 1.165) is 31.3 Å². The highest BCUT2D eigenvalue weighted by Gasteiger charge is 2.30. The van der Waals surface area contributed by atoms with E-state index in [-0.39, 0.29) is 0 Å². The molecule has 0 radical (unpaired) electrons. The minimum absolute atomic E-state index is 0.431. The second-order valence-electron chi connectivity index (χ2n) is 6.51. The number of nitrogens with one attached hydrogen (secondary N) is 1. The quantitative estimate of drug-likeness (QED) is 0.789. The molecule has 1 fully saturated rings. The zero-order valence-electron chi connectivity index (χ0n) is 14.0. The largest absolute Gasteiger partial charge is 0.308 e. The maximum atomic E-state index is 4.30. The molecule has 1 saturated carbocycles. The predicted molar refractivity (Wildman–Crippen MR) is 87.1 cm³/mol. The lowest BCUT2D eigenvalue weighted by molar-refractivity contribution is 0.203. The summed E-state index contributed by atoms with van der Waals surface area (Å²) in [6.45, 7) is 8.83. The van der Waals surface area contributed by atoms with Gasteiger partial charge in [0.1, 0.15) is 0 Å². The third-order valence-corrected chi connectivity index (χ3v) is 4.89. The molecule has 0 aliphatic heterocycles. The Hall–Kier alpha value is -0.900. The number of nitrogens with zero attached hydrogens (tertiary/aromatic N) is 3. The molecule has 1 N–H and O–H groups in total. The topological polar surface area (TPSA) is 42.7 Å². The van der Waals surface area contributed by atoms with Gasteiger partial charge in [-0.25, -0.2) is 4.68 Å². The monoisotopic (exact) mass is 292 g/mol. The van der Waals surface area contributed by atoms with Gasteiger partial charge in [0.05, 0.1) is 17.9 Å². The van der Waals surface area contributed by atoms with Gasteiger partial charge in [-0.3, -0.25) is 0 Å². The Kier molecular flexibility index (Phi) is 6.68. The zero-order chi connectivity index (χ0) is 15.1. The van der Waals surface area contributed by atoms with E-state index >= 15 is 0 Å². The maximum absolute atomic E-state index is 4.30. The molecule has 120 valence electrons. The maximum Gasteiger partial charge on any atom is 0.0759 e. The van der Waals surface area contributed by atoms with Crippen molar-refractivity contribution < 1.29 is 0 Å². The van der Waals surface area contributed by atoms with Crippen molar-refractivity contribution in [3.63, 3.8) is 0 Å². The van der Waals surface area contributed by atoms with E-state index in [1.54, 1.807) is 0 Å². The lowest BCUT2D eigenvalue weighted by atomic mass is 9.76. The van der Waals surface area contributed by atoms with Crippen LogP contribution in [0.2, 0.25) is 0 Å². The van der Waals surface area contributed by atoms with Crippen molar-refractivity contribution in [2.24, 2.45) is 11.8 Å². The fraction of sp³-hybridized carbons (Fsp3) is 0.882. The molecule has 1 heterocycles. The van der Waals surface area contributed by atoms with Crippen LogP contribution in [0.25, 0.3) is 0 Å². The standard InChI is InChI=1S/C17H32N4/c1-4-10-18-17(15-9-7-8-14(6-3)12-15)16-13-19-20-21(16)11-5-2/h13-15,17-18H,4-12H2,1-3H3. The van der Waals surface area contributed by atoms with Crippen molar-refractivity contribution in [1.82, 2.24) is 20.3 Å². The van der Waals surface area contributed by atoms with Gasteiger partial charge in [-0.05, 0) is 44.1 Å². The molecular formula is C17H32N4. The highest BCUT2D eigenvalue weighted by molar-refractivity contribution is 5.05. The first-order chi connectivity index (χ1) is 10.3. The highest BCUT2D eigenvalue weighted by atomic mass is 15.4. The minimum Gasteiger partial charge on any atom is -0.308 e.